The summed E-state index contributed by atoms with van der Waals surface area (Å²) in [5.74, 6) is 0.780. The summed E-state index contributed by atoms with van der Waals surface area (Å²) in [6, 6.07) is 0. The summed E-state index contributed by atoms with van der Waals surface area (Å²) in [5.41, 5.74) is 0.329. The predicted molar refractivity (Wildman–Crippen MR) is 76.4 cm³/mol. The van der Waals surface area contributed by atoms with Crippen LogP contribution in [0.3, 0.4) is 0 Å². The minimum absolute atomic E-state index is 0.472. The molecule has 0 amide bonds. The van der Waals surface area contributed by atoms with Gasteiger partial charge in [0.25, 0.3) is 0 Å². The summed E-state index contributed by atoms with van der Waals surface area (Å²) in [7, 11) is 0. The van der Waals surface area contributed by atoms with E-state index in [4.69, 9.17) is 0 Å². The lowest BCUT2D eigenvalue weighted by Gasteiger charge is -2.26. The Hall–Kier alpha value is -1.49. The number of nitrogens with one attached hydrogen (secondary N) is 1. The van der Waals surface area contributed by atoms with Crippen LogP contribution in [0.25, 0.3) is 0 Å². The number of nitrogens with zero attached hydrogens (tertiary/aromatic N) is 2. The zero-order chi connectivity index (χ0) is 14.6. The Bertz CT molecular complexity index is 451. The molecule has 2 N–H and O–H groups in total. The first-order valence-corrected chi connectivity index (χ1v) is 7.36. The van der Waals surface area contributed by atoms with Crippen LogP contribution in [0, 0.1) is 5.41 Å². The number of carboxylic acid groups (broad SMARTS) is 1. The van der Waals surface area contributed by atoms with E-state index in [1.807, 2.05) is 26.2 Å². The Kier molecular flexibility index (Phi) is 4.70. The molecule has 1 aromatic rings. The average molecular weight is 277 g/mol. The van der Waals surface area contributed by atoms with Crippen LogP contribution in [-0.2, 0) is 11.3 Å². The third kappa shape index (κ3) is 3.33. The van der Waals surface area contributed by atoms with Gasteiger partial charge in [-0.15, -0.1) is 0 Å². The van der Waals surface area contributed by atoms with Crippen molar-refractivity contribution >= 4 is 5.97 Å². The molecule has 0 aromatic carbocycles. The number of rotatable bonds is 8. The van der Waals surface area contributed by atoms with Gasteiger partial charge in [-0.1, -0.05) is 13.8 Å². The van der Waals surface area contributed by atoms with Crippen LogP contribution in [0.15, 0.2) is 12.4 Å². The minimum atomic E-state index is -0.727. The van der Waals surface area contributed by atoms with Gasteiger partial charge in [0.15, 0.2) is 0 Å². The lowest BCUT2D eigenvalue weighted by Crippen LogP contribution is -2.40. The van der Waals surface area contributed by atoms with E-state index >= 15 is 0 Å². The fourth-order valence-corrected chi connectivity index (χ4v) is 2.33. The second-order valence-electron chi connectivity index (χ2n) is 5.62. The molecule has 0 atom stereocenters. The lowest BCUT2D eigenvalue weighted by molar-refractivity contribution is -0.149. The highest BCUT2D eigenvalue weighted by molar-refractivity contribution is 5.74. The largest absolute Gasteiger partial charge is 0.481 e. The Morgan fingerprint density at radius 1 is 1.35 bits per heavy atom. The zero-order valence-electron chi connectivity index (χ0n) is 12.2. The Balaban J connectivity index is 1.86. The molecule has 5 heteroatoms. The molecule has 0 unspecified atom stereocenters. The number of aliphatic carboxylic acids is 1. The molecule has 0 aliphatic heterocycles. The lowest BCUT2D eigenvalue weighted by atomic mass is 9.82. The van der Waals surface area contributed by atoms with Crippen LogP contribution in [0.2, 0.25) is 0 Å². The van der Waals surface area contributed by atoms with Gasteiger partial charge in [0, 0.05) is 37.0 Å². The molecule has 1 aromatic heterocycles. The number of carboxylic acids is 1. The van der Waals surface area contributed by atoms with E-state index in [1.54, 1.807) is 0 Å². The molecule has 20 heavy (non-hydrogen) atoms. The highest BCUT2D eigenvalue weighted by Gasteiger charge is 2.34. The van der Waals surface area contributed by atoms with E-state index in [9.17, 15) is 9.90 Å². The van der Waals surface area contributed by atoms with Crippen molar-refractivity contribution in [1.82, 2.24) is 15.3 Å². The third-order valence-electron chi connectivity index (χ3n) is 4.27. The van der Waals surface area contributed by atoms with Crippen LogP contribution in [0.1, 0.15) is 56.8 Å². The van der Waals surface area contributed by atoms with E-state index in [2.05, 4.69) is 15.3 Å². The molecule has 0 radical (unpaired) electrons. The first-order chi connectivity index (χ1) is 9.61. The van der Waals surface area contributed by atoms with Crippen LogP contribution in [0.4, 0.5) is 0 Å². The minimum Gasteiger partial charge on any atom is -0.481 e. The predicted octanol–water partition coefficient (Wildman–Crippen LogP) is 2.33. The molecule has 1 fully saturated rings. The topological polar surface area (TPSA) is 75.1 Å². The molecule has 110 valence electrons. The van der Waals surface area contributed by atoms with E-state index in [0.717, 1.165) is 11.4 Å². The second kappa shape index (κ2) is 6.31. The van der Waals surface area contributed by atoms with E-state index in [1.165, 1.54) is 12.8 Å². The van der Waals surface area contributed by atoms with Gasteiger partial charge in [0.1, 0.15) is 5.82 Å². The number of aromatic nitrogens is 2. The first kappa shape index (κ1) is 14.9. The van der Waals surface area contributed by atoms with Crippen molar-refractivity contribution < 1.29 is 9.90 Å². The maximum atomic E-state index is 11.4. The van der Waals surface area contributed by atoms with Crippen LogP contribution >= 0.6 is 0 Å². The maximum absolute atomic E-state index is 11.4. The highest BCUT2D eigenvalue weighted by atomic mass is 16.4. The Morgan fingerprint density at radius 3 is 2.40 bits per heavy atom. The van der Waals surface area contributed by atoms with Gasteiger partial charge in [-0.2, -0.15) is 0 Å². The molecule has 5 nitrogen and oxygen atoms in total. The smallest absolute Gasteiger partial charge is 0.310 e. The molecule has 1 heterocycles. The molecule has 0 saturated heterocycles. The average Bonchev–Trinajstić information content (AvgIpc) is 3.29. The van der Waals surface area contributed by atoms with E-state index in [0.29, 0.717) is 31.8 Å². The standard InChI is InChI=1S/C15H23N3O2/c1-3-15(4-2,14(19)20)10-16-7-11-8-17-13(18-9-11)12-5-6-12/h8-9,12,16H,3-7,10H2,1-2H3,(H,19,20). The van der Waals surface area contributed by atoms with Crippen molar-refractivity contribution in [2.75, 3.05) is 6.54 Å². The van der Waals surface area contributed by atoms with Crippen molar-refractivity contribution in [3.05, 3.63) is 23.8 Å². The van der Waals surface area contributed by atoms with E-state index < -0.39 is 11.4 Å². The van der Waals surface area contributed by atoms with Gasteiger partial charge < -0.3 is 10.4 Å². The fourth-order valence-electron chi connectivity index (χ4n) is 2.33. The quantitative estimate of drug-likeness (QED) is 0.763. The second-order valence-corrected chi connectivity index (χ2v) is 5.62. The molecule has 0 bridgehead atoms. The van der Waals surface area contributed by atoms with Crippen LogP contribution < -0.4 is 5.32 Å². The van der Waals surface area contributed by atoms with E-state index in [-0.39, 0.29) is 0 Å². The van der Waals surface area contributed by atoms with Crippen LogP contribution in [-0.4, -0.2) is 27.6 Å². The Morgan fingerprint density at radius 2 is 1.95 bits per heavy atom. The summed E-state index contributed by atoms with van der Waals surface area (Å²) < 4.78 is 0. The summed E-state index contributed by atoms with van der Waals surface area (Å²) in [5, 5.41) is 12.6. The highest BCUT2D eigenvalue weighted by Crippen LogP contribution is 2.37. The summed E-state index contributed by atoms with van der Waals surface area (Å²) in [4.78, 5) is 20.1. The van der Waals surface area contributed by atoms with Gasteiger partial charge in [0.05, 0.1) is 5.41 Å². The number of carbonyl (C=O) groups is 1. The summed E-state index contributed by atoms with van der Waals surface area (Å²) in [6.07, 6.45) is 7.34. The Labute approximate surface area is 119 Å². The van der Waals surface area contributed by atoms with Gasteiger partial charge in [-0.25, -0.2) is 9.97 Å². The molecule has 2 rings (SSSR count). The number of hydrogen-bond donors (Lipinski definition) is 2. The van der Waals surface area contributed by atoms with Gasteiger partial charge in [0.2, 0.25) is 0 Å². The molecular weight excluding hydrogens is 254 g/mol. The molecular formula is C15H23N3O2. The number of hydrogen-bond acceptors (Lipinski definition) is 4. The maximum Gasteiger partial charge on any atom is 0.310 e. The normalized spacial score (nSPS) is 15.3. The van der Waals surface area contributed by atoms with Crippen LogP contribution in [0.5, 0.6) is 0 Å². The fraction of sp³-hybridized carbons (Fsp3) is 0.667. The summed E-state index contributed by atoms with van der Waals surface area (Å²) >= 11 is 0. The van der Waals surface area contributed by atoms with Gasteiger partial charge >= 0.3 is 5.97 Å². The summed E-state index contributed by atoms with van der Waals surface area (Å²) in [6.45, 7) is 4.93. The van der Waals surface area contributed by atoms with Gasteiger partial charge in [-0.3, -0.25) is 4.79 Å². The van der Waals surface area contributed by atoms with Crippen molar-refractivity contribution in [2.45, 2.75) is 52.0 Å². The zero-order valence-corrected chi connectivity index (χ0v) is 12.2. The molecule has 0 spiro atoms. The SMILES string of the molecule is CCC(CC)(CNCc1cnc(C2CC2)nc1)C(=O)O. The van der Waals surface area contributed by atoms with Crippen molar-refractivity contribution in [2.24, 2.45) is 5.41 Å². The first-order valence-electron chi connectivity index (χ1n) is 7.36. The van der Waals surface area contributed by atoms with Crippen molar-refractivity contribution in [3.8, 4) is 0 Å². The monoisotopic (exact) mass is 277 g/mol. The third-order valence-corrected chi connectivity index (χ3v) is 4.27. The molecule has 1 aliphatic rings. The van der Waals surface area contributed by atoms with Crippen molar-refractivity contribution in [3.63, 3.8) is 0 Å². The van der Waals surface area contributed by atoms with Gasteiger partial charge in [-0.05, 0) is 25.7 Å². The molecule has 1 aliphatic carbocycles. The van der Waals surface area contributed by atoms with Crippen molar-refractivity contribution in [1.29, 1.82) is 0 Å². The molecule has 1 saturated carbocycles.